The molecule has 0 rings (SSSR count). The third-order valence-corrected chi connectivity index (χ3v) is 5.49. The van der Waals surface area contributed by atoms with Gasteiger partial charge < -0.3 is 4.43 Å². The molecule has 0 aromatic rings. The predicted octanol–water partition coefficient (Wildman–Crippen LogP) is 8.10. The van der Waals surface area contributed by atoms with Crippen LogP contribution in [0.1, 0.15) is 129 Å². The van der Waals surface area contributed by atoms with Crippen molar-refractivity contribution in [1.82, 2.24) is 0 Å². The lowest BCUT2D eigenvalue weighted by Gasteiger charge is -2.04. The molecule has 0 aliphatic carbocycles. The van der Waals surface area contributed by atoms with E-state index in [-0.39, 0.29) is 0 Å². The molecule has 0 saturated carbocycles. The Balaban J connectivity index is 2.93. The van der Waals surface area contributed by atoms with Gasteiger partial charge in [-0.05, 0) is 13.0 Å². The Morgan fingerprint density at radius 3 is 1.04 bits per heavy atom. The van der Waals surface area contributed by atoms with Crippen molar-refractivity contribution >= 4 is 9.76 Å². The molecule has 2 heteroatoms. The highest BCUT2D eigenvalue weighted by molar-refractivity contribution is 6.24. The third kappa shape index (κ3) is 22.2. The van der Waals surface area contributed by atoms with Crippen LogP contribution in [0.4, 0.5) is 0 Å². The van der Waals surface area contributed by atoms with Crippen LogP contribution in [0.15, 0.2) is 0 Å². The van der Waals surface area contributed by atoms with Gasteiger partial charge in [-0.15, -0.1) is 0 Å². The summed E-state index contributed by atoms with van der Waals surface area (Å²) in [4.78, 5) is 0. The summed E-state index contributed by atoms with van der Waals surface area (Å²) in [6.45, 7) is 5.38. The largest absolute Gasteiger partial charge is 0.418 e. The Bertz CT molecular complexity index is 186. The molecule has 0 unspecified atom stereocenters. The van der Waals surface area contributed by atoms with Crippen LogP contribution in [-0.4, -0.2) is 16.4 Å². The molecule has 2 radical (unpaired) electrons. The first-order valence-corrected chi connectivity index (χ1v) is 12.6. The van der Waals surface area contributed by atoms with E-state index in [9.17, 15) is 0 Å². The molecule has 24 heavy (non-hydrogen) atoms. The van der Waals surface area contributed by atoms with E-state index in [4.69, 9.17) is 4.43 Å². The lowest BCUT2D eigenvalue weighted by atomic mass is 10.0. The van der Waals surface area contributed by atoms with Gasteiger partial charge in [0.1, 0.15) is 0 Å². The second kappa shape index (κ2) is 23.2. The molecule has 144 valence electrons. The summed E-state index contributed by atoms with van der Waals surface area (Å²) in [5.74, 6) is 0. The van der Waals surface area contributed by atoms with Gasteiger partial charge in [-0.3, -0.25) is 0 Å². The average Bonchev–Trinajstić information content (AvgIpc) is 2.60. The zero-order valence-electron chi connectivity index (χ0n) is 17.1. The van der Waals surface area contributed by atoms with Crippen molar-refractivity contribution in [2.75, 3.05) is 6.61 Å². The van der Waals surface area contributed by atoms with Crippen molar-refractivity contribution in [3.05, 3.63) is 0 Å². The van der Waals surface area contributed by atoms with Crippen LogP contribution in [-0.2, 0) is 4.43 Å². The summed E-state index contributed by atoms with van der Waals surface area (Å²) in [5.41, 5.74) is 0. The maximum Gasteiger partial charge on any atom is 0.226 e. The van der Waals surface area contributed by atoms with Gasteiger partial charge in [0.15, 0.2) is 0 Å². The van der Waals surface area contributed by atoms with Crippen molar-refractivity contribution in [2.45, 2.75) is 135 Å². The minimum absolute atomic E-state index is 0.668. The first-order valence-electron chi connectivity index (χ1n) is 11.2. The number of hydrogen-bond donors (Lipinski definition) is 0. The summed E-state index contributed by atoms with van der Waals surface area (Å²) < 4.78 is 5.39. The minimum atomic E-state index is 0.668. The molecular weight excluding hydrogens is 308 g/mol. The molecule has 0 aliphatic heterocycles. The molecule has 0 aliphatic rings. The molecule has 0 bridgehead atoms. The lowest BCUT2D eigenvalue weighted by Crippen LogP contribution is -1.95. The van der Waals surface area contributed by atoms with Crippen LogP contribution in [0.25, 0.3) is 0 Å². The maximum atomic E-state index is 5.39. The molecule has 0 fully saturated rings. The van der Waals surface area contributed by atoms with E-state index in [0.717, 1.165) is 6.61 Å². The van der Waals surface area contributed by atoms with Crippen molar-refractivity contribution in [3.63, 3.8) is 0 Å². The summed E-state index contributed by atoms with van der Waals surface area (Å²) in [5, 5.41) is 0. The third-order valence-electron chi connectivity index (χ3n) is 4.99. The molecule has 0 amide bonds. The topological polar surface area (TPSA) is 9.23 Å². The van der Waals surface area contributed by atoms with Crippen molar-refractivity contribution < 1.29 is 4.43 Å². The minimum Gasteiger partial charge on any atom is -0.418 e. The van der Waals surface area contributed by atoms with Crippen LogP contribution in [0.5, 0.6) is 0 Å². The molecule has 0 spiro atoms. The number of unbranched alkanes of at least 4 members (excludes halogenated alkanes) is 18. The van der Waals surface area contributed by atoms with Crippen LogP contribution in [0.3, 0.4) is 0 Å². The highest BCUT2D eigenvalue weighted by atomic mass is 28.2. The van der Waals surface area contributed by atoms with Crippen LogP contribution in [0, 0.1) is 0 Å². The Morgan fingerprint density at radius 2 is 0.750 bits per heavy atom. The highest BCUT2D eigenvalue weighted by Gasteiger charge is 1.95. The maximum absolute atomic E-state index is 5.39. The van der Waals surface area contributed by atoms with Crippen molar-refractivity contribution in [3.8, 4) is 0 Å². The Kier molecular flexibility index (Phi) is 23.3. The van der Waals surface area contributed by atoms with Gasteiger partial charge in [-0.25, -0.2) is 0 Å². The fourth-order valence-electron chi connectivity index (χ4n) is 3.35. The normalized spacial score (nSPS) is 11.2. The Hall–Kier alpha value is 0.177. The monoisotopic (exact) mass is 354 g/mol. The number of rotatable bonds is 21. The standard InChI is InChI=1S/C22H46OSi/c1-3-4-5-6-7-8-9-10-11-12-13-14-15-16-17-18-19-20-21-22-23-24-2/h3-22H2,1-2H3. The van der Waals surface area contributed by atoms with Crippen molar-refractivity contribution in [2.24, 2.45) is 0 Å². The van der Waals surface area contributed by atoms with Crippen molar-refractivity contribution in [1.29, 1.82) is 0 Å². The molecule has 1 nitrogen and oxygen atoms in total. The van der Waals surface area contributed by atoms with E-state index >= 15 is 0 Å². The molecule has 0 aromatic heterocycles. The van der Waals surface area contributed by atoms with Gasteiger partial charge in [0, 0.05) is 6.61 Å². The van der Waals surface area contributed by atoms with E-state index in [1.165, 1.54) is 122 Å². The van der Waals surface area contributed by atoms with Crippen LogP contribution < -0.4 is 0 Å². The molecule has 0 N–H and O–H groups in total. The summed E-state index contributed by atoms with van der Waals surface area (Å²) in [6.07, 6.45) is 27.4. The van der Waals surface area contributed by atoms with Crippen LogP contribution in [0.2, 0.25) is 6.55 Å². The molecule has 0 atom stereocenters. The van der Waals surface area contributed by atoms with E-state index < -0.39 is 0 Å². The van der Waals surface area contributed by atoms with Gasteiger partial charge in [0.05, 0.1) is 0 Å². The molecule has 0 aromatic carbocycles. The fourth-order valence-corrected chi connectivity index (χ4v) is 3.70. The molecule has 0 saturated heterocycles. The fraction of sp³-hybridized carbons (Fsp3) is 1.00. The van der Waals surface area contributed by atoms with Gasteiger partial charge >= 0.3 is 0 Å². The summed E-state index contributed by atoms with van der Waals surface area (Å²) >= 11 is 0. The quantitative estimate of drug-likeness (QED) is 0.149. The smallest absolute Gasteiger partial charge is 0.226 e. The van der Waals surface area contributed by atoms with E-state index in [1.54, 1.807) is 0 Å². The zero-order chi connectivity index (χ0) is 17.6. The average molecular weight is 355 g/mol. The lowest BCUT2D eigenvalue weighted by molar-refractivity contribution is 0.323. The van der Waals surface area contributed by atoms with Crippen LogP contribution >= 0.6 is 0 Å². The second-order valence-electron chi connectivity index (χ2n) is 7.42. The van der Waals surface area contributed by atoms with Gasteiger partial charge in [0.25, 0.3) is 0 Å². The Morgan fingerprint density at radius 1 is 0.458 bits per heavy atom. The first kappa shape index (κ1) is 24.2. The van der Waals surface area contributed by atoms with E-state index in [2.05, 4.69) is 13.5 Å². The highest BCUT2D eigenvalue weighted by Crippen LogP contribution is 2.14. The summed E-state index contributed by atoms with van der Waals surface area (Å²) in [7, 11) is 0.668. The van der Waals surface area contributed by atoms with Gasteiger partial charge in [0.2, 0.25) is 9.76 Å². The SMILES string of the molecule is CCCCCCCCCCCCCCCCCCCCCO[Si]C. The Labute approximate surface area is 156 Å². The predicted molar refractivity (Wildman–Crippen MR) is 111 cm³/mol. The summed E-state index contributed by atoms with van der Waals surface area (Å²) in [6, 6.07) is 0. The number of hydrogen-bond acceptors (Lipinski definition) is 1. The van der Waals surface area contributed by atoms with Gasteiger partial charge in [-0.2, -0.15) is 0 Å². The van der Waals surface area contributed by atoms with Gasteiger partial charge in [-0.1, -0.05) is 122 Å². The van der Waals surface area contributed by atoms with E-state index in [1.807, 2.05) is 0 Å². The first-order chi connectivity index (χ1) is 11.9. The molecule has 0 heterocycles. The second-order valence-corrected chi connectivity index (χ2v) is 8.11. The zero-order valence-corrected chi connectivity index (χ0v) is 18.1. The molecular formula is C22H46OSi. The van der Waals surface area contributed by atoms with E-state index in [0.29, 0.717) is 9.76 Å².